The highest BCUT2D eigenvalue weighted by molar-refractivity contribution is 6.31. The fourth-order valence-corrected chi connectivity index (χ4v) is 5.22. The summed E-state index contributed by atoms with van der Waals surface area (Å²) in [6.07, 6.45) is 7.31. The van der Waals surface area contributed by atoms with E-state index in [-0.39, 0.29) is 34.6 Å². The highest BCUT2D eigenvalue weighted by Gasteiger charge is 2.43. The summed E-state index contributed by atoms with van der Waals surface area (Å²) in [7, 11) is 0. The van der Waals surface area contributed by atoms with Crippen LogP contribution in [0.2, 0.25) is 5.02 Å². The van der Waals surface area contributed by atoms with Gasteiger partial charge in [0.05, 0.1) is 10.9 Å². The van der Waals surface area contributed by atoms with Crippen molar-refractivity contribution in [3.8, 4) is 0 Å². The first-order valence-corrected chi connectivity index (χ1v) is 11.4. The Morgan fingerprint density at radius 3 is 2.72 bits per heavy atom. The van der Waals surface area contributed by atoms with Gasteiger partial charge in [0.25, 0.3) is 0 Å². The Bertz CT molecular complexity index is 1090. The second kappa shape index (κ2) is 9.74. The molecule has 1 amide bonds. The summed E-state index contributed by atoms with van der Waals surface area (Å²) in [6.45, 7) is 2.61. The molecule has 1 fully saturated rings. The molecular weight excluding hydrogens is 453 g/mol. The summed E-state index contributed by atoms with van der Waals surface area (Å²) in [5.74, 6) is -1.55. The van der Waals surface area contributed by atoms with E-state index in [1.807, 2.05) is 19.1 Å². The zero-order valence-electron chi connectivity index (χ0n) is 17.5. The first-order valence-electron chi connectivity index (χ1n) is 10.6. The number of hydrogen-bond donors (Lipinski definition) is 2. The van der Waals surface area contributed by atoms with Crippen molar-refractivity contribution < 1.29 is 13.6 Å². The molecule has 0 saturated carbocycles. The van der Waals surface area contributed by atoms with Gasteiger partial charge in [0.2, 0.25) is 5.91 Å². The second-order valence-corrected chi connectivity index (χ2v) is 9.29. The number of carbonyl (C=O) groups excluding carboxylic acids is 1. The summed E-state index contributed by atoms with van der Waals surface area (Å²) >= 11 is 12.2. The Balaban J connectivity index is 1.70. The average molecular weight is 477 g/mol. The number of allylic oxidation sites excluding steroid dienone is 4. The number of amides is 1. The van der Waals surface area contributed by atoms with E-state index >= 15 is 0 Å². The molecule has 2 aromatic rings. The van der Waals surface area contributed by atoms with Gasteiger partial charge in [-0.3, -0.25) is 4.79 Å². The summed E-state index contributed by atoms with van der Waals surface area (Å²) in [6, 6.07) is 8.35. The Morgan fingerprint density at radius 1 is 1.16 bits per heavy atom. The van der Waals surface area contributed by atoms with Crippen molar-refractivity contribution in [1.29, 1.82) is 0 Å². The van der Waals surface area contributed by atoms with Gasteiger partial charge in [-0.1, -0.05) is 41.4 Å². The molecule has 1 saturated heterocycles. The van der Waals surface area contributed by atoms with Crippen molar-refractivity contribution in [2.45, 2.75) is 25.8 Å². The molecule has 1 aliphatic carbocycles. The van der Waals surface area contributed by atoms with E-state index in [9.17, 15) is 13.6 Å². The van der Waals surface area contributed by atoms with E-state index < -0.39 is 11.7 Å². The molecule has 1 aliphatic heterocycles. The fraction of sp³-hybridized carbons (Fsp3) is 0.320. The van der Waals surface area contributed by atoms with Gasteiger partial charge in [-0.15, -0.1) is 0 Å². The molecule has 4 rings (SSSR count). The molecular formula is C25H24Cl2F2N2O. The smallest absolute Gasteiger partial charge is 0.229 e. The molecule has 7 heteroatoms. The molecule has 2 aliphatic rings. The van der Waals surface area contributed by atoms with Gasteiger partial charge >= 0.3 is 0 Å². The Labute approximate surface area is 196 Å². The Kier molecular flexibility index (Phi) is 6.99. The predicted molar refractivity (Wildman–Crippen MR) is 125 cm³/mol. The molecule has 0 radical (unpaired) electrons. The summed E-state index contributed by atoms with van der Waals surface area (Å²) in [4.78, 5) is 13.6. The highest BCUT2D eigenvalue weighted by atomic mass is 35.5. The van der Waals surface area contributed by atoms with E-state index in [4.69, 9.17) is 23.2 Å². The van der Waals surface area contributed by atoms with Crippen LogP contribution in [0.3, 0.4) is 0 Å². The lowest BCUT2D eigenvalue weighted by Gasteiger charge is -2.42. The molecule has 3 nitrogen and oxygen atoms in total. The number of halogens is 4. The van der Waals surface area contributed by atoms with E-state index in [2.05, 4.69) is 16.7 Å². The molecule has 1 unspecified atom stereocenters. The molecule has 1 heterocycles. The molecule has 0 bridgehead atoms. The topological polar surface area (TPSA) is 41.1 Å². The van der Waals surface area contributed by atoms with Crippen LogP contribution in [0.25, 0.3) is 0 Å². The van der Waals surface area contributed by atoms with Gasteiger partial charge in [0.1, 0.15) is 11.6 Å². The van der Waals surface area contributed by atoms with Gasteiger partial charge in [-0.05, 0) is 85.7 Å². The molecule has 2 N–H and O–H groups in total. The summed E-state index contributed by atoms with van der Waals surface area (Å²) in [5.41, 5.74) is 2.08. The van der Waals surface area contributed by atoms with Crippen molar-refractivity contribution in [3.63, 3.8) is 0 Å². The molecule has 0 aromatic heterocycles. The largest absolute Gasteiger partial charge is 0.326 e. The number of benzene rings is 2. The standard InChI is InChI=1S/C25H24Cl2F2N2O/c1-14-5-6-17(28)12-20(14)24-23(25(32)31-18-7-8-22(29)21(27)13-18)19(9-10-30-24)15-3-2-4-16(26)11-15/h2-8,12-13,15,19,23-24,30H,9-11H2,1H3,(H,31,32)/t15?,19-,23-,24-/m0/s1. The Hall–Kier alpha value is -2.21. The van der Waals surface area contributed by atoms with Crippen LogP contribution in [0.1, 0.15) is 30.0 Å². The first kappa shape index (κ1) is 23.0. The Morgan fingerprint density at radius 2 is 1.97 bits per heavy atom. The van der Waals surface area contributed by atoms with Crippen molar-refractivity contribution in [2.75, 3.05) is 11.9 Å². The van der Waals surface area contributed by atoms with Gasteiger partial charge in [-0.2, -0.15) is 0 Å². The molecule has 4 atom stereocenters. The zero-order valence-corrected chi connectivity index (χ0v) is 19.1. The second-order valence-electron chi connectivity index (χ2n) is 8.40. The van der Waals surface area contributed by atoms with Crippen LogP contribution in [-0.4, -0.2) is 12.5 Å². The number of aryl methyl sites for hydroxylation is 1. The number of hydrogen-bond acceptors (Lipinski definition) is 2. The van der Waals surface area contributed by atoms with Crippen LogP contribution in [0.5, 0.6) is 0 Å². The molecule has 32 heavy (non-hydrogen) atoms. The van der Waals surface area contributed by atoms with Crippen LogP contribution in [0, 0.1) is 36.3 Å². The minimum absolute atomic E-state index is 0.0152. The minimum Gasteiger partial charge on any atom is -0.326 e. The summed E-state index contributed by atoms with van der Waals surface area (Å²) < 4.78 is 27.7. The lowest BCUT2D eigenvalue weighted by molar-refractivity contribution is -0.124. The third kappa shape index (κ3) is 4.90. The van der Waals surface area contributed by atoms with E-state index in [0.717, 1.165) is 22.6 Å². The summed E-state index contributed by atoms with van der Waals surface area (Å²) in [5, 5.41) is 7.02. The monoisotopic (exact) mass is 476 g/mol. The maximum Gasteiger partial charge on any atom is 0.229 e. The first-order chi connectivity index (χ1) is 15.3. The number of nitrogens with one attached hydrogen (secondary N) is 2. The van der Waals surface area contributed by atoms with E-state index in [0.29, 0.717) is 18.7 Å². The SMILES string of the molecule is Cc1ccc(F)cc1[C@@H]1NCC[C@@H](C2C=CC=C(Cl)C2)[C@@H]1C(=O)Nc1ccc(F)c(Cl)c1. The number of carbonyl (C=O) groups is 1. The van der Waals surface area contributed by atoms with Crippen molar-refractivity contribution in [1.82, 2.24) is 5.32 Å². The van der Waals surface area contributed by atoms with Crippen molar-refractivity contribution in [3.05, 3.63) is 87.4 Å². The zero-order chi connectivity index (χ0) is 22.8. The lowest BCUT2D eigenvalue weighted by atomic mass is 9.69. The molecule has 168 valence electrons. The number of anilines is 1. The molecule has 0 spiro atoms. The number of rotatable bonds is 4. The quantitative estimate of drug-likeness (QED) is 0.526. The van der Waals surface area contributed by atoms with Crippen LogP contribution in [-0.2, 0) is 4.79 Å². The van der Waals surface area contributed by atoms with Crippen molar-refractivity contribution in [2.24, 2.45) is 17.8 Å². The third-order valence-corrected chi connectivity index (χ3v) is 6.91. The van der Waals surface area contributed by atoms with Crippen LogP contribution in [0.4, 0.5) is 14.5 Å². The maximum atomic E-state index is 14.1. The minimum atomic E-state index is -0.552. The van der Waals surface area contributed by atoms with Gasteiger partial charge in [0.15, 0.2) is 0 Å². The van der Waals surface area contributed by atoms with Crippen molar-refractivity contribution >= 4 is 34.8 Å². The normalized spacial score (nSPS) is 25.3. The van der Waals surface area contributed by atoms with Gasteiger partial charge in [0, 0.05) is 16.8 Å². The average Bonchev–Trinajstić information content (AvgIpc) is 2.77. The van der Waals surface area contributed by atoms with Crippen LogP contribution in [0.15, 0.2) is 59.7 Å². The van der Waals surface area contributed by atoms with E-state index in [1.165, 1.54) is 30.3 Å². The van der Waals surface area contributed by atoms with Gasteiger partial charge in [-0.25, -0.2) is 8.78 Å². The lowest BCUT2D eigenvalue weighted by Crippen LogP contribution is -2.48. The van der Waals surface area contributed by atoms with Gasteiger partial charge < -0.3 is 10.6 Å². The highest BCUT2D eigenvalue weighted by Crippen LogP contribution is 2.43. The predicted octanol–water partition coefficient (Wildman–Crippen LogP) is 6.53. The third-order valence-electron chi connectivity index (χ3n) is 6.34. The van der Waals surface area contributed by atoms with Crippen LogP contribution < -0.4 is 10.6 Å². The van der Waals surface area contributed by atoms with E-state index in [1.54, 1.807) is 6.07 Å². The maximum absolute atomic E-state index is 14.1. The number of piperidine rings is 1. The molecule has 2 aromatic carbocycles. The van der Waals surface area contributed by atoms with Crippen LogP contribution >= 0.6 is 23.2 Å². The fourth-order valence-electron chi connectivity index (χ4n) is 4.79.